The quantitative estimate of drug-likeness (QED) is 0.719. The van der Waals surface area contributed by atoms with Crippen LogP contribution in [0.1, 0.15) is 29.0 Å². The Labute approximate surface area is 87.2 Å². The summed E-state index contributed by atoms with van der Waals surface area (Å²) in [5.41, 5.74) is 0.612. The third kappa shape index (κ3) is 2.18. The Hall–Kier alpha value is -0.770. The molecule has 1 atom stereocenters. The van der Waals surface area contributed by atoms with Crippen LogP contribution in [0.5, 0.6) is 0 Å². The van der Waals surface area contributed by atoms with Crippen LogP contribution in [-0.4, -0.2) is 22.9 Å². The van der Waals surface area contributed by atoms with E-state index in [1.165, 1.54) is 30.5 Å². The molecule has 1 aliphatic heterocycles. The number of aromatic nitrogens is 1. The lowest BCUT2D eigenvalue weighted by Crippen LogP contribution is -2.13. The summed E-state index contributed by atoms with van der Waals surface area (Å²) in [7, 11) is 0. The fraction of sp³-hybridized carbons (Fsp3) is 0.600. The molecule has 0 spiro atoms. The highest BCUT2D eigenvalue weighted by atomic mass is 32.2. The van der Waals surface area contributed by atoms with Gasteiger partial charge in [0, 0.05) is 6.42 Å². The van der Waals surface area contributed by atoms with E-state index in [9.17, 15) is 4.79 Å². The summed E-state index contributed by atoms with van der Waals surface area (Å²) < 4.78 is 5.07. The first-order valence-corrected chi connectivity index (χ1v) is 6.02. The molecule has 0 saturated carbocycles. The van der Waals surface area contributed by atoms with E-state index in [1.807, 2.05) is 11.8 Å². The van der Waals surface area contributed by atoms with Crippen LogP contribution in [0.2, 0.25) is 0 Å². The van der Waals surface area contributed by atoms with Crippen molar-refractivity contribution in [2.24, 2.45) is 5.92 Å². The molecule has 0 aliphatic carbocycles. The van der Waals surface area contributed by atoms with Gasteiger partial charge in [-0.05, 0) is 30.3 Å². The predicted molar refractivity (Wildman–Crippen MR) is 55.6 cm³/mol. The molecule has 0 bridgehead atoms. The van der Waals surface area contributed by atoms with Gasteiger partial charge in [-0.2, -0.15) is 11.8 Å². The number of nitrogens with zero attached hydrogens (tertiary/aromatic N) is 1. The van der Waals surface area contributed by atoms with Crippen LogP contribution in [0.25, 0.3) is 0 Å². The van der Waals surface area contributed by atoms with Crippen molar-refractivity contribution < 1.29 is 9.32 Å². The van der Waals surface area contributed by atoms with Crippen molar-refractivity contribution in [3.05, 3.63) is 17.5 Å². The zero-order valence-electron chi connectivity index (χ0n) is 7.94. The highest BCUT2D eigenvalue weighted by Crippen LogP contribution is 2.26. The maximum Gasteiger partial charge on any atom is 0.155 e. The molecule has 4 heteroatoms. The predicted octanol–water partition coefficient (Wildman–Crippen LogP) is 2.17. The lowest BCUT2D eigenvalue weighted by molar-refractivity contribution is 0.112. The van der Waals surface area contributed by atoms with Crippen LogP contribution >= 0.6 is 11.8 Å². The standard InChI is InChI=1S/C10H13NO2S/c12-6-9-5-11-13-10(9)4-8-2-1-3-14-7-8/h5-6,8H,1-4,7H2. The van der Waals surface area contributed by atoms with Gasteiger partial charge in [0.2, 0.25) is 0 Å². The molecule has 14 heavy (non-hydrogen) atoms. The van der Waals surface area contributed by atoms with Gasteiger partial charge in [-0.3, -0.25) is 4.79 Å². The van der Waals surface area contributed by atoms with E-state index in [1.54, 1.807) is 0 Å². The molecule has 0 aromatic carbocycles. The second-order valence-corrected chi connectivity index (χ2v) is 4.76. The SMILES string of the molecule is O=Cc1cnoc1CC1CCCSC1. The Kier molecular flexibility index (Phi) is 3.24. The lowest BCUT2D eigenvalue weighted by atomic mass is 9.99. The summed E-state index contributed by atoms with van der Waals surface area (Å²) in [6, 6.07) is 0. The van der Waals surface area contributed by atoms with Gasteiger partial charge in [0.25, 0.3) is 0 Å². The number of hydrogen-bond acceptors (Lipinski definition) is 4. The van der Waals surface area contributed by atoms with Gasteiger partial charge in [0.15, 0.2) is 6.29 Å². The van der Waals surface area contributed by atoms with Crippen molar-refractivity contribution in [2.45, 2.75) is 19.3 Å². The second kappa shape index (κ2) is 4.64. The van der Waals surface area contributed by atoms with Gasteiger partial charge in [-0.1, -0.05) is 5.16 Å². The average molecular weight is 211 g/mol. The molecule has 0 N–H and O–H groups in total. The number of thioether (sulfide) groups is 1. The summed E-state index contributed by atoms with van der Waals surface area (Å²) in [6.07, 6.45) is 5.70. The highest BCUT2D eigenvalue weighted by Gasteiger charge is 2.18. The first kappa shape index (κ1) is 9.77. The summed E-state index contributed by atoms with van der Waals surface area (Å²) in [4.78, 5) is 10.6. The van der Waals surface area contributed by atoms with E-state index in [2.05, 4.69) is 5.16 Å². The van der Waals surface area contributed by atoms with Crippen LogP contribution in [0.3, 0.4) is 0 Å². The third-order valence-electron chi connectivity index (χ3n) is 2.53. The van der Waals surface area contributed by atoms with Crippen molar-refractivity contribution in [1.82, 2.24) is 5.16 Å². The van der Waals surface area contributed by atoms with E-state index in [4.69, 9.17) is 4.52 Å². The molecule has 1 aliphatic rings. The Bertz CT molecular complexity index is 305. The molecule has 76 valence electrons. The number of carbonyl (C=O) groups is 1. The van der Waals surface area contributed by atoms with E-state index >= 15 is 0 Å². The molecule has 1 saturated heterocycles. The van der Waals surface area contributed by atoms with Gasteiger partial charge in [0.05, 0.1) is 11.8 Å². The van der Waals surface area contributed by atoms with Crippen LogP contribution in [-0.2, 0) is 6.42 Å². The normalized spacial score (nSPS) is 22.1. The maximum absolute atomic E-state index is 10.6. The van der Waals surface area contributed by atoms with Gasteiger partial charge in [0.1, 0.15) is 5.76 Å². The van der Waals surface area contributed by atoms with Gasteiger partial charge in [-0.15, -0.1) is 0 Å². The molecule has 0 amide bonds. The largest absolute Gasteiger partial charge is 0.361 e. The lowest BCUT2D eigenvalue weighted by Gasteiger charge is -2.19. The van der Waals surface area contributed by atoms with E-state index in [0.29, 0.717) is 11.5 Å². The van der Waals surface area contributed by atoms with Crippen molar-refractivity contribution in [3.8, 4) is 0 Å². The van der Waals surface area contributed by atoms with Gasteiger partial charge < -0.3 is 4.52 Å². The number of hydrogen-bond donors (Lipinski definition) is 0. The van der Waals surface area contributed by atoms with Crippen molar-refractivity contribution in [3.63, 3.8) is 0 Å². The summed E-state index contributed by atoms with van der Waals surface area (Å²) in [6.45, 7) is 0. The molecule has 2 heterocycles. The van der Waals surface area contributed by atoms with Crippen LogP contribution in [0, 0.1) is 5.92 Å². The summed E-state index contributed by atoms with van der Waals surface area (Å²) in [5.74, 6) is 3.86. The third-order valence-corrected chi connectivity index (χ3v) is 3.82. The first-order chi connectivity index (χ1) is 6.90. The average Bonchev–Trinajstić information content (AvgIpc) is 2.67. The van der Waals surface area contributed by atoms with Crippen LogP contribution in [0.15, 0.2) is 10.7 Å². The number of aldehydes is 1. The molecule has 3 nitrogen and oxygen atoms in total. The van der Waals surface area contributed by atoms with Crippen LogP contribution in [0.4, 0.5) is 0 Å². The molecule has 1 unspecified atom stereocenters. The van der Waals surface area contributed by atoms with Crippen LogP contribution < -0.4 is 0 Å². The van der Waals surface area contributed by atoms with Crippen molar-refractivity contribution >= 4 is 18.0 Å². The van der Waals surface area contributed by atoms with Crippen molar-refractivity contribution in [1.29, 1.82) is 0 Å². The second-order valence-electron chi connectivity index (χ2n) is 3.61. The van der Waals surface area contributed by atoms with E-state index < -0.39 is 0 Å². The fourth-order valence-electron chi connectivity index (χ4n) is 1.75. The fourth-order valence-corrected chi connectivity index (χ4v) is 2.91. The first-order valence-electron chi connectivity index (χ1n) is 4.86. The Morgan fingerprint density at radius 3 is 3.36 bits per heavy atom. The number of carbonyl (C=O) groups excluding carboxylic acids is 1. The molecular weight excluding hydrogens is 198 g/mol. The Morgan fingerprint density at radius 2 is 2.64 bits per heavy atom. The summed E-state index contributed by atoms with van der Waals surface area (Å²) >= 11 is 1.99. The summed E-state index contributed by atoms with van der Waals surface area (Å²) in [5, 5.41) is 3.65. The smallest absolute Gasteiger partial charge is 0.155 e. The topological polar surface area (TPSA) is 43.1 Å². The Morgan fingerprint density at radius 1 is 1.71 bits per heavy atom. The molecule has 0 radical (unpaired) electrons. The minimum Gasteiger partial charge on any atom is -0.361 e. The molecule has 1 fully saturated rings. The van der Waals surface area contributed by atoms with Gasteiger partial charge in [-0.25, -0.2) is 0 Å². The highest BCUT2D eigenvalue weighted by molar-refractivity contribution is 7.99. The van der Waals surface area contributed by atoms with E-state index in [0.717, 1.165) is 18.5 Å². The Balaban J connectivity index is 1.98. The minimum atomic E-state index is 0.612. The molecule has 1 aromatic heterocycles. The minimum absolute atomic E-state index is 0.612. The molecular formula is C10H13NO2S. The zero-order chi connectivity index (χ0) is 9.80. The van der Waals surface area contributed by atoms with Crippen molar-refractivity contribution in [2.75, 3.05) is 11.5 Å². The maximum atomic E-state index is 10.6. The monoisotopic (exact) mass is 211 g/mol. The number of rotatable bonds is 3. The molecule has 2 rings (SSSR count). The van der Waals surface area contributed by atoms with E-state index in [-0.39, 0.29) is 0 Å². The molecule has 1 aromatic rings. The zero-order valence-corrected chi connectivity index (χ0v) is 8.76. The van der Waals surface area contributed by atoms with Gasteiger partial charge >= 0.3 is 0 Å².